The number of halogens is 3. The number of alkyl halides is 3. The van der Waals surface area contributed by atoms with Crippen LogP contribution in [-0.4, -0.2) is 37.3 Å². The number of ether oxygens (including phenoxy) is 2. The van der Waals surface area contributed by atoms with Crippen molar-refractivity contribution in [2.45, 2.75) is 19.0 Å². The van der Waals surface area contributed by atoms with Crippen molar-refractivity contribution in [3.8, 4) is 11.6 Å². The zero-order valence-electron chi connectivity index (χ0n) is 14.0. The number of carbonyl (C=O) groups is 1. The van der Waals surface area contributed by atoms with Crippen LogP contribution in [0.15, 0.2) is 36.5 Å². The van der Waals surface area contributed by atoms with Gasteiger partial charge in [0.2, 0.25) is 5.88 Å². The molecule has 0 bridgehead atoms. The van der Waals surface area contributed by atoms with E-state index in [1.807, 2.05) is 12.1 Å². The van der Waals surface area contributed by atoms with Crippen LogP contribution in [0, 0.1) is 0 Å². The van der Waals surface area contributed by atoms with Crippen molar-refractivity contribution in [3.63, 3.8) is 0 Å². The molecule has 5 nitrogen and oxygen atoms in total. The standard InChI is InChI=1S/C18H17F3N2O3/c1-25-14-5-6-15-12(9-14)3-2-8-23(15)17(24)13-4-7-16(22-10-13)26-11-18(19,20)21/h4-7,9-10H,2-3,8,11H2,1H3. The lowest BCUT2D eigenvalue weighted by Crippen LogP contribution is -2.35. The van der Waals surface area contributed by atoms with Crippen molar-refractivity contribution in [1.82, 2.24) is 4.98 Å². The molecule has 8 heteroatoms. The molecule has 1 amide bonds. The van der Waals surface area contributed by atoms with E-state index < -0.39 is 12.8 Å². The number of pyridine rings is 1. The number of hydrogen-bond donors (Lipinski definition) is 0. The molecule has 0 atom stereocenters. The first-order chi connectivity index (χ1) is 12.4. The highest BCUT2D eigenvalue weighted by atomic mass is 19.4. The quantitative estimate of drug-likeness (QED) is 0.829. The molecule has 1 aliphatic heterocycles. The number of aromatic nitrogens is 1. The highest BCUT2D eigenvalue weighted by molar-refractivity contribution is 6.06. The van der Waals surface area contributed by atoms with Gasteiger partial charge in [-0.05, 0) is 42.7 Å². The Kier molecular flexibility index (Phi) is 5.01. The maximum absolute atomic E-state index is 12.8. The van der Waals surface area contributed by atoms with E-state index in [9.17, 15) is 18.0 Å². The molecule has 26 heavy (non-hydrogen) atoms. The molecular formula is C18H17F3N2O3. The molecule has 0 radical (unpaired) electrons. The van der Waals surface area contributed by atoms with Crippen molar-refractivity contribution in [3.05, 3.63) is 47.7 Å². The van der Waals surface area contributed by atoms with Gasteiger partial charge in [0.1, 0.15) is 5.75 Å². The summed E-state index contributed by atoms with van der Waals surface area (Å²) in [5, 5.41) is 0. The van der Waals surface area contributed by atoms with Gasteiger partial charge in [-0.3, -0.25) is 4.79 Å². The van der Waals surface area contributed by atoms with Gasteiger partial charge < -0.3 is 14.4 Å². The largest absolute Gasteiger partial charge is 0.497 e. The third-order valence-electron chi connectivity index (χ3n) is 4.02. The molecule has 0 saturated heterocycles. The van der Waals surface area contributed by atoms with Crippen molar-refractivity contribution in [2.75, 3.05) is 25.2 Å². The Bertz CT molecular complexity index is 791. The van der Waals surface area contributed by atoms with Crippen LogP contribution in [0.3, 0.4) is 0 Å². The number of fused-ring (bicyclic) bond motifs is 1. The van der Waals surface area contributed by atoms with Crippen LogP contribution in [-0.2, 0) is 6.42 Å². The summed E-state index contributed by atoms with van der Waals surface area (Å²) >= 11 is 0. The van der Waals surface area contributed by atoms with Crippen LogP contribution in [0.25, 0.3) is 0 Å². The van der Waals surface area contributed by atoms with Crippen molar-refractivity contribution in [2.24, 2.45) is 0 Å². The maximum atomic E-state index is 12.8. The Hall–Kier alpha value is -2.77. The molecule has 2 heterocycles. The van der Waals surface area contributed by atoms with Crippen molar-refractivity contribution in [1.29, 1.82) is 0 Å². The smallest absolute Gasteiger partial charge is 0.422 e. The minimum absolute atomic E-state index is 0.178. The molecule has 0 N–H and O–H groups in total. The highest BCUT2D eigenvalue weighted by Gasteiger charge is 2.29. The summed E-state index contributed by atoms with van der Waals surface area (Å²) in [6, 6.07) is 8.20. The van der Waals surface area contributed by atoms with Gasteiger partial charge in [0.15, 0.2) is 6.61 Å². The van der Waals surface area contributed by atoms with Crippen molar-refractivity contribution < 1.29 is 27.4 Å². The number of aryl methyl sites for hydroxylation is 1. The summed E-state index contributed by atoms with van der Waals surface area (Å²) in [7, 11) is 1.58. The normalized spacial score (nSPS) is 13.9. The number of nitrogens with zero attached hydrogens (tertiary/aromatic N) is 2. The van der Waals surface area contributed by atoms with Gasteiger partial charge in [0.05, 0.1) is 12.7 Å². The van der Waals surface area contributed by atoms with Crippen LogP contribution in [0.4, 0.5) is 18.9 Å². The van der Waals surface area contributed by atoms with Gasteiger partial charge in [-0.2, -0.15) is 13.2 Å². The first kappa shape index (κ1) is 18.0. The average molecular weight is 366 g/mol. The molecule has 0 unspecified atom stereocenters. The minimum atomic E-state index is -4.44. The number of anilines is 1. The zero-order valence-corrected chi connectivity index (χ0v) is 14.0. The summed E-state index contributed by atoms with van der Waals surface area (Å²) < 4.78 is 46.3. The molecular weight excluding hydrogens is 349 g/mol. The van der Waals surface area contributed by atoms with Gasteiger partial charge in [0, 0.05) is 24.5 Å². The molecule has 1 aromatic heterocycles. The molecule has 1 aromatic carbocycles. The molecule has 2 aromatic rings. The zero-order chi connectivity index (χ0) is 18.7. The fourth-order valence-electron chi connectivity index (χ4n) is 2.82. The molecule has 138 valence electrons. The van der Waals surface area contributed by atoms with Crippen LogP contribution in [0.2, 0.25) is 0 Å². The van der Waals surface area contributed by atoms with Crippen LogP contribution in [0.5, 0.6) is 11.6 Å². The lowest BCUT2D eigenvalue weighted by atomic mass is 10.0. The number of hydrogen-bond acceptors (Lipinski definition) is 4. The Morgan fingerprint density at radius 1 is 1.27 bits per heavy atom. The lowest BCUT2D eigenvalue weighted by Gasteiger charge is -2.29. The van der Waals surface area contributed by atoms with E-state index in [1.54, 1.807) is 18.1 Å². The van der Waals surface area contributed by atoms with Crippen LogP contribution < -0.4 is 14.4 Å². The van der Waals surface area contributed by atoms with Crippen LogP contribution >= 0.6 is 0 Å². The monoisotopic (exact) mass is 366 g/mol. The Morgan fingerprint density at radius 3 is 2.73 bits per heavy atom. The Morgan fingerprint density at radius 2 is 2.08 bits per heavy atom. The SMILES string of the molecule is COc1ccc2c(c1)CCCN2C(=O)c1ccc(OCC(F)(F)F)nc1. The second kappa shape index (κ2) is 7.23. The van der Waals surface area contributed by atoms with Gasteiger partial charge in [-0.1, -0.05) is 0 Å². The van der Waals surface area contributed by atoms with E-state index in [1.165, 1.54) is 18.3 Å². The summed E-state index contributed by atoms with van der Waals surface area (Å²) in [6.07, 6.45) is -1.55. The summed E-state index contributed by atoms with van der Waals surface area (Å²) in [5.41, 5.74) is 2.11. The van der Waals surface area contributed by atoms with Gasteiger partial charge in [-0.15, -0.1) is 0 Å². The Labute approximate surface area is 148 Å². The molecule has 3 rings (SSSR count). The third kappa shape index (κ3) is 4.07. The first-order valence-corrected chi connectivity index (χ1v) is 8.02. The van der Waals surface area contributed by atoms with E-state index >= 15 is 0 Å². The van der Waals surface area contributed by atoms with E-state index in [0.29, 0.717) is 6.54 Å². The second-order valence-electron chi connectivity index (χ2n) is 5.84. The summed E-state index contributed by atoms with van der Waals surface area (Å²) in [6.45, 7) is -0.862. The maximum Gasteiger partial charge on any atom is 0.422 e. The van der Waals surface area contributed by atoms with Crippen molar-refractivity contribution >= 4 is 11.6 Å². The molecule has 0 fully saturated rings. The molecule has 0 aliphatic carbocycles. The van der Waals surface area contributed by atoms with E-state index in [0.717, 1.165) is 29.8 Å². The van der Waals surface area contributed by atoms with E-state index in [4.69, 9.17) is 4.74 Å². The lowest BCUT2D eigenvalue weighted by molar-refractivity contribution is -0.154. The van der Waals surface area contributed by atoms with E-state index in [-0.39, 0.29) is 17.4 Å². The average Bonchev–Trinajstić information content (AvgIpc) is 2.64. The number of carbonyl (C=O) groups excluding carboxylic acids is 1. The van der Waals surface area contributed by atoms with Gasteiger partial charge in [-0.25, -0.2) is 4.98 Å². The third-order valence-corrected chi connectivity index (χ3v) is 4.02. The summed E-state index contributed by atoms with van der Waals surface area (Å²) in [4.78, 5) is 18.2. The fraction of sp³-hybridized carbons (Fsp3) is 0.333. The fourth-order valence-corrected chi connectivity index (χ4v) is 2.82. The second-order valence-corrected chi connectivity index (χ2v) is 5.84. The number of rotatable bonds is 4. The van der Waals surface area contributed by atoms with Gasteiger partial charge >= 0.3 is 6.18 Å². The molecule has 0 saturated carbocycles. The molecule has 1 aliphatic rings. The first-order valence-electron chi connectivity index (χ1n) is 8.02. The Balaban J connectivity index is 1.76. The predicted molar refractivity (Wildman–Crippen MR) is 88.8 cm³/mol. The van der Waals surface area contributed by atoms with Gasteiger partial charge in [0.25, 0.3) is 5.91 Å². The van der Waals surface area contributed by atoms with E-state index in [2.05, 4.69) is 9.72 Å². The highest BCUT2D eigenvalue weighted by Crippen LogP contribution is 2.31. The predicted octanol–water partition coefficient (Wildman–Crippen LogP) is 3.62. The molecule has 0 spiro atoms. The number of benzene rings is 1. The number of methoxy groups -OCH3 is 1. The summed E-state index contributed by atoms with van der Waals surface area (Å²) in [5.74, 6) is 0.291. The minimum Gasteiger partial charge on any atom is -0.497 e. The number of amides is 1. The van der Waals surface area contributed by atoms with Crippen LogP contribution in [0.1, 0.15) is 22.3 Å². The topological polar surface area (TPSA) is 51.7 Å².